The minimum atomic E-state index is -0.460. The third-order valence-electron chi connectivity index (χ3n) is 5.57. The second kappa shape index (κ2) is 7.55. The van der Waals surface area contributed by atoms with Gasteiger partial charge in [-0.25, -0.2) is 0 Å². The van der Waals surface area contributed by atoms with Crippen LogP contribution in [0.1, 0.15) is 34.3 Å². The van der Waals surface area contributed by atoms with E-state index >= 15 is 0 Å². The summed E-state index contributed by atoms with van der Waals surface area (Å²) in [4.78, 5) is 25.4. The molecule has 30 heavy (non-hydrogen) atoms. The van der Waals surface area contributed by atoms with Crippen LogP contribution in [0.3, 0.4) is 0 Å². The second-order valence-electron chi connectivity index (χ2n) is 7.63. The van der Waals surface area contributed by atoms with E-state index in [4.69, 9.17) is 14.2 Å². The third kappa shape index (κ3) is 3.44. The SMILES string of the molecule is O=C1/C(=C/c2ccc([N+](=O)[O-])cc2)Oc2c1ccc1c2CN(CC2CCCO2)CO1. The summed E-state index contributed by atoms with van der Waals surface area (Å²) in [5, 5.41) is 10.8. The van der Waals surface area contributed by atoms with Crippen LogP contribution in [0.4, 0.5) is 5.69 Å². The number of carbonyl (C=O) groups excluding carboxylic acids is 1. The number of nitro groups is 1. The molecule has 0 N–H and O–H groups in total. The highest BCUT2D eigenvalue weighted by Crippen LogP contribution is 2.42. The number of fused-ring (bicyclic) bond motifs is 3. The first kappa shape index (κ1) is 18.8. The lowest BCUT2D eigenvalue weighted by Crippen LogP contribution is -2.37. The molecular formula is C22H20N2O6. The van der Waals surface area contributed by atoms with Gasteiger partial charge in [-0.1, -0.05) is 0 Å². The molecule has 1 unspecified atom stereocenters. The highest BCUT2D eigenvalue weighted by atomic mass is 16.6. The predicted molar refractivity (Wildman–Crippen MR) is 107 cm³/mol. The Hall–Kier alpha value is -3.23. The van der Waals surface area contributed by atoms with Crippen molar-refractivity contribution in [2.45, 2.75) is 25.5 Å². The first-order chi connectivity index (χ1) is 14.6. The van der Waals surface area contributed by atoms with Crippen molar-refractivity contribution in [2.24, 2.45) is 0 Å². The quantitative estimate of drug-likeness (QED) is 0.434. The van der Waals surface area contributed by atoms with Crippen LogP contribution in [0, 0.1) is 10.1 Å². The number of carbonyl (C=O) groups is 1. The lowest BCUT2D eigenvalue weighted by molar-refractivity contribution is -0.384. The number of ether oxygens (including phenoxy) is 3. The number of Topliss-reactive ketones (excluding diaryl/α,β-unsaturated/α-hetero) is 1. The first-order valence-corrected chi connectivity index (χ1v) is 9.90. The van der Waals surface area contributed by atoms with Crippen molar-refractivity contribution in [3.05, 3.63) is 69.0 Å². The summed E-state index contributed by atoms with van der Waals surface area (Å²) in [7, 11) is 0. The smallest absolute Gasteiger partial charge is 0.269 e. The van der Waals surface area contributed by atoms with Crippen LogP contribution in [0.25, 0.3) is 6.08 Å². The Bertz CT molecular complexity index is 1040. The summed E-state index contributed by atoms with van der Waals surface area (Å²) in [5.41, 5.74) is 2.01. The summed E-state index contributed by atoms with van der Waals surface area (Å²) in [6.07, 6.45) is 3.95. The number of benzene rings is 2. The van der Waals surface area contributed by atoms with E-state index in [2.05, 4.69) is 4.90 Å². The number of rotatable bonds is 4. The van der Waals surface area contributed by atoms with Gasteiger partial charge in [-0.05, 0) is 48.7 Å². The average molecular weight is 408 g/mol. The summed E-state index contributed by atoms with van der Waals surface area (Å²) in [5.74, 6) is 1.25. The van der Waals surface area contributed by atoms with E-state index in [1.165, 1.54) is 12.1 Å². The van der Waals surface area contributed by atoms with Gasteiger partial charge in [0.2, 0.25) is 5.78 Å². The van der Waals surface area contributed by atoms with Crippen molar-refractivity contribution in [3.8, 4) is 11.5 Å². The molecule has 0 aliphatic carbocycles. The number of nitrogens with zero attached hydrogens (tertiary/aromatic N) is 2. The van der Waals surface area contributed by atoms with Crippen LogP contribution in [0.15, 0.2) is 42.2 Å². The molecule has 2 aromatic carbocycles. The number of hydrogen-bond donors (Lipinski definition) is 0. The minimum absolute atomic E-state index is 0.00310. The molecule has 1 saturated heterocycles. The van der Waals surface area contributed by atoms with Crippen molar-refractivity contribution >= 4 is 17.5 Å². The maximum Gasteiger partial charge on any atom is 0.269 e. The molecule has 2 aromatic rings. The Labute approximate surface area is 172 Å². The number of allylic oxidation sites excluding steroid dienone is 1. The van der Waals surface area contributed by atoms with Gasteiger partial charge in [0, 0.05) is 31.8 Å². The monoisotopic (exact) mass is 408 g/mol. The highest BCUT2D eigenvalue weighted by molar-refractivity contribution is 6.15. The Kier molecular flexibility index (Phi) is 4.72. The van der Waals surface area contributed by atoms with Gasteiger partial charge >= 0.3 is 0 Å². The Morgan fingerprint density at radius 1 is 1.20 bits per heavy atom. The van der Waals surface area contributed by atoms with Crippen molar-refractivity contribution < 1.29 is 23.9 Å². The van der Waals surface area contributed by atoms with Gasteiger partial charge < -0.3 is 14.2 Å². The van der Waals surface area contributed by atoms with E-state index in [9.17, 15) is 14.9 Å². The van der Waals surface area contributed by atoms with Gasteiger partial charge in [-0.2, -0.15) is 0 Å². The van der Waals surface area contributed by atoms with Crippen LogP contribution in [0.2, 0.25) is 0 Å². The van der Waals surface area contributed by atoms with Gasteiger partial charge in [-0.3, -0.25) is 19.8 Å². The van der Waals surface area contributed by atoms with E-state index in [0.717, 1.165) is 37.3 Å². The van der Waals surface area contributed by atoms with Crippen molar-refractivity contribution in [2.75, 3.05) is 19.9 Å². The fourth-order valence-electron chi connectivity index (χ4n) is 4.04. The molecular weight excluding hydrogens is 388 g/mol. The second-order valence-corrected chi connectivity index (χ2v) is 7.63. The van der Waals surface area contributed by atoms with Crippen molar-refractivity contribution in [3.63, 3.8) is 0 Å². The van der Waals surface area contributed by atoms with Crippen LogP contribution in [-0.2, 0) is 11.3 Å². The fourth-order valence-corrected chi connectivity index (χ4v) is 4.04. The Balaban J connectivity index is 1.39. The van der Waals surface area contributed by atoms with E-state index in [1.807, 2.05) is 6.07 Å². The minimum Gasteiger partial charge on any atom is -0.478 e. The maximum atomic E-state index is 12.8. The number of hydrogen-bond acceptors (Lipinski definition) is 7. The van der Waals surface area contributed by atoms with E-state index in [1.54, 1.807) is 24.3 Å². The van der Waals surface area contributed by atoms with E-state index < -0.39 is 4.92 Å². The van der Waals surface area contributed by atoms with Crippen LogP contribution in [-0.4, -0.2) is 41.6 Å². The van der Waals surface area contributed by atoms with Gasteiger partial charge in [0.05, 0.1) is 22.2 Å². The molecule has 8 nitrogen and oxygen atoms in total. The number of nitro benzene ring substituents is 1. The Morgan fingerprint density at radius 2 is 2.03 bits per heavy atom. The number of non-ortho nitro benzene ring substituents is 1. The van der Waals surface area contributed by atoms with Gasteiger partial charge in [0.1, 0.15) is 18.2 Å². The molecule has 8 heteroatoms. The topological polar surface area (TPSA) is 91.1 Å². The van der Waals surface area contributed by atoms with Gasteiger partial charge in [-0.15, -0.1) is 0 Å². The van der Waals surface area contributed by atoms with Crippen LogP contribution >= 0.6 is 0 Å². The van der Waals surface area contributed by atoms with Crippen molar-refractivity contribution in [1.29, 1.82) is 0 Å². The number of ketones is 1. The molecule has 3 heterocycles. The zero-order valence-corrected chi connectivity index (χ0v) is 16.2. The molecule has 5 rings (SSSR count). The fraction of sp³-hybridized carbons (Fsp3) is 0.318. The first-order valence-electron chi connectivity index (χ1n) is 9.90. The van der Waals surface area contributed by atoms with E-state index in [0.29, 0.717) is 30.2 Å². The lowest BCUT2D eigenvalue weighted by atomic mass is 10.0. The summed E-state index contributed by atoms with van der Waals surface area (Å²) < 4.78 is 17.6. The Morgan fingerprint density at radius 3 is 2.77 bits per heavy atom. The van der Waals surface area contributed by atoms with Gasteiger partial charge in [0.25, 0.3) is 5.69 Å². The van der Waals surface area contributed by atoms with Crippen LogP contribution in [0.5, 0.6) is 11.5 Å². The molecule has 3 aliphatic heterocycles. The molecule has 0 spiro atoms. The summed E-state index contributed by atoms with van der Waals surface area (Å²) in [6, 6.07) is 9.52. The largest absolute Gasteiger partial charge is 0.478 e. The van der Waals surface area contributed by atoms with E-state index in [-0.39, 0.29) is 23.3 Å². The summed E-state index contributed by atoms with van der Waals surface area (Å²) in [6.45, 7) is 2.68. The molecule has 0 aromatic heterocycles. The zero-order chi connectivity index (χ0) is 20.7. The molecule has 0 amide bonds. The molecule has 154 valence electrons. The molecule has 1 atom stereocenters. The highest BCUT2D eigenvalue weighted by Gasteiger charge is 2.34. The average Bonchev–Trinajstić information content (AvgIpc) is 3.37. The third-order valence-corrected chi connectivity index (χ3v) is 5.57. The normalized spacial score (nSPS) is 21.8. The predicted octanol–water partition coefficient (Wildman–Crippen LogP) is 3.54. The van der Waals surface area contributed by atoms with Crippen LogP contribution < -0.4 is 9.47 Å². The standard InChI is InChI=1S/C22H20N2O6/c25-21-17-7-8-19-18(12-23(13-29-19)11-16-2-1-9-28-16)22(17)30-20(21)10-14-3-5-15(6-4-14)24(26)27/h3-8,10,16H,1-2,9,11-13H2/b20-10-. The molecule has 0 saturated carbocycles. The van der Waals surface area contributed by atoms with Gasteiger partial charge in [0.15, 0.2) is 5.76 Å². The molecule has 0 bridgehead atoms. The zero-order valence-electron chi connectivity index (χ0n) is 16.2. The molecule has 0 radical (unpaired) electrons. The molecule has 3 aliphatic rings. The lowest BCUT2D eigenvalue weighted by Gasteiger charge is -2.31. The van der Waals surface area contributed by atoms with Crippen molar-refractivity contribution in [1.82, 2.24) is 4.90 Å². The summed E-state index contributed by atoms with van der Waals surface area (Å²) >= 11 is 0. The molecule has 1 fully saturated rings. The maximum absolute atomic E-state index is 12.8.